The van der Waals surface area contributed by atoms with Crippen LogP contribution in [0.15, 0.2) is 36.4 Å². The largest absolute Gasteiger partial charge is 0.394 e. The third-order valence-electron chi connectivity index (χ3n) is 17.4. The molecule has 0 radical (unpaired) electrons. The van der Waals surface area contributed by atoms with E-state index in [1.807, 2.05) is 32.0 Å². The van der Waals surface area contributed by atoms with E-state index in [1.165, 1.54) is 12.8 Å². The summed E-state index contributed by atoms with van der Waals surface area (Å²) in [7, 11) is 0. The van der Waals surface area contributed by atoms with Gasteiger partial charge >= 0.3 is 0 Å². The Morgan fingerprint density at radius 1 is 0.684 bits per heavy atom. The summed E-state index contributed by atoms with van der Waals surface area (Å²) < 4.78 is 45.3. The predicted octanol–water partition coefficient (Wildman–Crippen LogP) is 5.85. The number of hydrogen-bond donors (Lipinski definition) is 4. The van der Waals surface area contributed by atoms with E-state index >= 15 is 0 Å². The maximum atomic E-state index is 14.6. The van der Waals surface area contributed by atoms with Crippen LogP contribution in [0.4, 0.5) is 55.6 Å². The molecule has 2 atom stereocenters. The highest BCUT2D eigenvalue weighted by molar-refractivity contribution is 6.08. The smallest absolute Gasteiger partial charge is 0.260 e. The molecule has 12 rings (SSSR count). The van der Waals surface area contributed by atoms with E-state index in [0.29, 0.717) is 122 Å². The summed E-state index contributed by atoms with van der Waals surface area (Å²) >= 11 is 0. The molecule has 0 aromatic carbocycles. The first-order chi connectivity index (χ1) is 36.5. The van der Waals surface area contributed by atoms with E-state index in [2.05, 4.69) is 52.4 Å². The second kappa shape index (κ2) is 19.4. The van der Waals surface area contributed by atoms with E-state index in [4.69, 9.17) is 34.1 Å². The number of morpholine rings is 1. The molecule has 20 nitrogen and oxygen atoms in total. The van der Waals surface area contributed by atoms with Crippen molar-refractivity contribution in [3.63, 3.8) is 0 Å². The van der Waals surface area contributed by atoms with Crippen molar-refractivity contribution in [2.24, 2.45) is 10.8 Å². The highest BCUT2D eigenvalue weighted by atomic mass is 19.3. The lowest BCUT2D eigenvalue weighted by molar-refractivity contribution is -0.0832. The molecule has 22 heteroatoms. The quantitative estimate of drug-likeness (QED) is 0.117. The Bertz CT molecular complexity index is 2850. The van der Waals surface area contributed by atoms with Crippen LogP contribution in [0, 0.1) is 24.7 Å². The number of aliphatic hydroxyl groups excluding tert-OH is 1. The van der Waals surface area contributed by atoms with Gasteiger partial charge in [0.25, 0.3) is 17.7 Å². The Balaban J connectivity index is 0.804. The number of nitrogens with zero attached hydrogens (tertiary/aromatic N) is 11. The Morgan fingerprint density at radius 2 is 1.25 bits per heavy atom. The fourth-order valence-electron chi connectivity index (χ4n) is 12.3. The van der Waals surface area contributed by atoms with Crippen molar-refractivity contribution >= 4 is 58.6 Å². The summed E-state index contributed by atoms with van der Waals surface area (Å²) in [6.07, 6.45) is 6.49. The van der Waals surface area contributed by atoms with Crippen LogP contribution in [-0.4, -0.2) is 168 Å². The molecule has 1 unspecified atom stereocenters. The van der Waals surface area contributed by atoms with Crippen LogP contribution in [0.2, 0.25) is 0 Å². The van der Waals surface area contributed by atoms with Gasteiger partial charge in [0, 0.05) is 94.8 Å². The third kappa shape index (κ3) is 10.0. The van der Waals surface area contributed by atoms with Crippen molar-refractivity contribution in [2.45, 2.75) is 115 Å². The van der Waals surface area contributed by atoms with Crippen molar-refractivity contribution < 1.29 is 37.7 Å². The number of piperidine rings is 3. The van der Waals surface area contributed by atoms with Crippen LogP contribution >= 0.6 is 0 Å². The second-order valence-corrected chi connectivity index (χ2v) is 23.4. The van der Waals surface area contributed by atoms with Gasteiger partial charge in [-0.25, -0.2) is 28.7 Å². The molecule has 4 aromatic rings. The summed E-state index contributed by atoms with van der Waals surface area (Å²) in [6.45, 7) is 14.4. The zero-order valence-corrected chi connectivity index (χ0v) is 44.0. The SMILES string of the molecule is Cc1cc(NC(=O)c2ccc(NC3(C)COC3)nc2N2CCC3(CC2)CC3N(c2ccc(C(=O)Nc3cc(C)nc(N4CCO[C@H](C)C4)n3)c(N3CCC4(CC3)CC4)n2)C2(CO)COC2)nc(N2CCC(F)(F)CC2)n1. The minimum atomic E-state index is -2.72. The molecular weight excluding hydrogens is 979 g/mol. The Hall–Kier alpha value is -6.10. The summed E-state index contributed by atoms with van der Waals surface area (Å²) in [5, 5.41) is 20.9. The van der Waals surface area contributed by atoms with Gasteiger partial charge in [0.05, 0.1) is 62.4 Å². The fourth-order valence-corrected chi connectivity index (χ4v) is 12.3. The van der Waals surface area contributed by atoms with E-state index in [1.54, 1.807) is 30.0 Å². The Labute approximate surface area is 441 Å². The molecule has 6 saturated heterocycles. The Morgan fingerprint density at radius 3 is 1.80 bits per heavy atom. The molecule has 4 N–H and O–H groups in total. The number of rotatable bonds is 14. The van der Waals surface area contributed by atoms with Gasteiger partial charge in [-0.15, -0.1) is 0 Å². The van der Waals surface area contributed by atoms with Gasteiger partial charge in [0.1, 0.15) is 40.4 Å². The monoisotopic (exact) mass is 1050 g/mol. The highest BCUT2D eigenvalue weighted by Gasteiger charge is 2.63. The number of aliphatic hydroxyl groups is 1. The molecule has 4 aromatic heterocycles. The lowest BCUT2D eigenvalue weighted by Gasteiger charge is -2.51. The molecule has 2 aliphatic carbocycles. The minimum Gasteiger partial charge on any atom is -0.394 e. The summed E-state index contributed by atoms with van der Waals surface area (Å²) in [6, 6.07) is 10.9. The lowest BCUT2D eigenvalue weighted by atomic mass is 9.89. The maximum Gasteiger partial charge on any atom is 0.260 e. The fraction of sp³-hybridized carbons (Fsp3) is 0.630. The molecule has 406 valence electrons. The van der Waals surface area contributed by atoms with E-state index < -0.39 is 17.4 Å². The molecule has 2 spiro atoms. The summed E-state index contributed by atoms with van der Waals surface area (Å²) in [5.41, 5.74) is 1.46. The molecule has 8 aliphatic rings. The normalized spacial score (nSPS) is 24.6. The number of carbonyl (C=O) groups excluding carboxylic acids is 2. The number of aryl methyl sites for hydroxylation is 2. The summed E-state index contributed by atoms with van der Waals surface area (Å²) in [4.78, 5) is 68.7. The number of carbonyl (C=O) groups is 2. The average Bonchev–Trinajstić information content (AvgIpc) is 4.38. The first-order valence-corrected chi connectivity index (χ1v) is 27.2. The van der Waals surface area contributed by atoms with Crippen molar-refractivity contribution in [2.75, 3.05) is 132 Å². The summed E-state index contributed by atoms with van der Waals surface area (Å²) in [5.74, 6) is 0.637. The van der Waals surface area contributed by atoms with Crippen molar-refractivity contribution in [3.05, 3.63) is 58.9 Å². The zero-order chi connectivity index (χ0) is 52.6. The minimum absolute atomic E-state index is 0.0239. The van der Waals surface area contributed by atoms with Gasteiger partial charge < -0.3 is 59.8 Å². The number of alkyl halides is 2. The van der Waals surface area contributed by atoms with Crippen molar-refractivity contribution in [3.8, 4) is 0 Å². The van der Waals surface area contributed by atoms with Crippen LogP contribution < -0.4 is 40.4 Å². The first kappa shape index (κ1) is 50.7. The van der Waals surface area contributed by atoms with E-state index in [-0.39, 0.29) is 67.4 Å². The van der Waals surface area contributed by atoms with Crippen molar-refractivity contribution in [1.29, 1.82) is 0 Å². The molecule has 2 amide bonds. The van der Waals surface area contributed by atoms with Crippen molar-refractivity contribution in [1.82, 2.24) is 29.9 Å². The lowest BCUT2D eigenvalue weighted by Crippen LogP contribution is -2.66. The molecule has 76 heavy (non-hydrogen) atoms. The van der Waals surface area contributed by atoms with E-state index in [0.717, 1.165) is 50.9 Å². The van der Waals surface area contributed by atoms with Gasteiger partial charge in [-0.3, -0.25) is 9.59 Å². The number of hydrogen-bond acceptors (Lipinski definition) is 18. The molecule has 10 heterocycles. The van der Waals surface area contributed by atoms with Crippen LogP contribution in [0.5, 0.6) is 0 Å². The van der Waals surface area contributed by atoms with Gasteiger partial charge in [0.15, 0.2) is 0 Å². The topological polar surface area (TPSA) is 212 Å². The second-order valence-electron chi connectivity index (χ2n) is 23.4. The number of ether oxygens (including phenoxy) is 3. The van der Waals surface area contributed by atoms with Gasteiger partial charge in [-0.1, -0.05) is 0 Å². The molecule has 0 bridgehead atoms. The molecular formula is C54H70F2N14O6. The molecule has 8 fully saturated rings. The zero-order valence-electron chi connectivity index (χ0n) is 44.0. The van der Waals surface area contributed by atoms with Crippen LogP contribution in [0.25, 0.3) is 0 Å². The van der Waals surface area contributed by atoms with Gasteiger partial charge in [-0.2, -0.15) is 9.97 Å². The number of aromatic nitrogens is 6. The van der Waals surface area contributed by atoms with Crippen LogP contribution in [0.3, 0.4) is 0 Å². The Kier molecular flexibility index (Phi) is 13.0. The first-order valence-electron chi connectivity index (χ1n) is 27.2. The van der Waals surface area contributed by atoms with E-state index in [9.17, 15) is 23.5 Å². The maximum absolute atomic E-state index is 14.6. The molecule has 2 saturated carbocycles. The molecule has 6 aliphatic heterocycles. The number of pyridine rings is 2. The third-order valence-corrected chi connectivity index (χ3v) is 17.4. The van der Waals surface area contributed by atoms with Gasteiger partial charge in [0.2, 0.25) is 11.9 Å². The number of nitrogens with one attached hydrogen (secondary N) is 3. The average molecular weight is 1050 g/mol. The predicted molar refractivity (Wildman–Crippen MR) is 283 cm³/mol. The highest BCUT2D eigenvalue weighted by Crippen LogP contribution is 2.60. The number of halogens is 2. The standard InChI is InChI=1S/C54H70F2N14O6/c1-34-25-41(62-48(57-34)68-21-15-54(55,56)16-22-68)60-46(72)37-5-7-40(65-50(4)30-74-31-50)59-44(37)67-19-13-52(14-20-67)27-39(52)70(53(29-71)32-75-33-53)43-8-6-38(45(64-43)66-17-11-51(9-10-51)12-18-66)47(73)61-42-26-35(2)58-49(63-42)69-23-24-76-36(3)28-69/h5-8,25-26,36,39,71H,9-24,27-33H2,1-4H3,(H,59,65)(H,57,60,62,72)(H,58,61,63,73)/t36-,39?/m1/s1. The van der Waals surface area contributed by atoms with Gasteiger partial charge in [-0.05, 0) is 108 Å². The number of amides is 2. The van der Waals surface area contributed by atoms with Crippen LogP contribution in [-0.2, 0) is 14.2 Å². The number of anilines is 8. The van der Waals surface area contributed by atoms with Crippen LogP contribution in [0.1, 0.15) is 104 Å².